The molecular formula is C18H19N3O6S. The summed E-state index contributed by atoms with van der Waals surface area (Å²) in [4.78, 5) is 28.1. The topological polar surface area (TPSA) is 127 Å². The first kappa shape index (κ1) is 19.6. The molecule has 0 bridgehead atoms. The standard InChI is InChI=1S/C18H19N3O6S/c1-12(18(23)20-11-13-5-4-10-26-13)27-16(22)8-9-19-17-14-6-2-3-7-15(14)28(24,25)21-17/h2-7,10,12H,8-9,11H2,1H3,(H,19,21)(H,20,23)/t12-/m0/s1. The maximum absolute atomic E-state index is 12.0. The maximum Gasteiger partial charge on any atom is 0.308 e. The van der Waals surface area contributed by atoms with Crippen LogP contribution in [0, 0.1) is 0 Å². The fourth-order valence-electron chi connectivity index (χ4n) is 2.55. The third-order valence-corrected chi connectivity index (χ3v) is 5.34. The molecule has 0 aliphatic carbocycles. The minimum absolute atomic E-state index is 0.0196. The smallest absolute Gasteiger partial charge is 0.308 e. The second-order valence-electron chi connectivity index (χ2n) is 6.01. The third kappa shape index (κ3) is 4.58. The van der Waals surface area contributed by atoms with Gasteiger partial charge in [-0.25, -0.2) is 8.42 Å². The van der Waals surface area contributed by atoms with Gasteiger partial charge in [-0.2, -0.15) is 0 Å². The monoisotopic (exact) mass is 405 g/mol. The summed E-state index contributed by atoms with van der Waals surface area (Å²) in [6, 6.07) is 9.86. The Kier molecular flexibility index (Phi) is 5.78. The van der Waals surface area contributed by atoms with Gasteiger partial charge in [-0.05, 0) is 31.2 Å². The van der Waals surface area contributed by atoms with Crippen molar-refractivity contribution < 1.29 is 27.2 Å². The van der Waals surface area contributed by atoms with E-state index in [4.69, 9.17) is 9.15 Å². The van der Waals surface area contributed by atoms with E-state index >= 15 is 0 Å². The summed E-state index contributed by atoms with van der Waals surface area (Å²) in [5, 5.41) is 2.60. The number of carbonyl (C=O) groups is 2. The number of esters is 1. The van der Waals surface area contributed by atoms with Crippen LogP contribution in [0.5, 0.6) is 0 Å². The molecule has 0 spiro atoms. The van der Waals surface area contributed by atoms with Crippen LogP contribution in [0.3, 0.4) is 0 Å². The van der Waals surface area contributed by atoms with E-state index in [1.807, 2.05) is 0 Å². The molecule has 0 unspecified atom stereocenters. The quantitative estimate of drug-likeness (QED) is 0.661. The van der Waals surface area contributed by atoms with Crippen LogP contribution in [0.2, 0.25) is 0 Å². The molecule has 0 fully saturated rings. The molecule has 1 aliphatic heterocycles. The van der Waals surface area contributed by atoms with E-state index in [0.29, 0.717) is 11.3 Å². The highest BCUT2D eigenvalue weighted by atomic mass is 32.2. The molecule has 148 valence electrons. The van der Waals surface area contributed by atoms with Crippen LogP contribution in [-0.4, -0.2) is 38.8 Å². The molecule has 10 heteroatoms. The largest absolute Gasteiger partial charge is 0.467 e. The minimum Gasteiger partial charge on any atom is -0.467 e. The van der Waals surface area contributed by atoms with Crippen molar-refractivity contribution in [1.82, 2.24) is 10.0 Å². The van der Waals surface area contributed by atoms with Gasteiger partial charge >= 0.3 is 5.97 Å². The van der Waals surface area contributed by atoms with Crippen LogP contribution in [-0.2, 0) is 30.9 Å². The molecule has 0 saturated carbocycles. The van der Waals surface area contributed by atoms with Gasteiger partial charge in [0.25, 0.3) is 15.9 Å². The molecule has 28 heavy (non-hydrogen) atoms. The van der Waals surface area contributed by atoms with E-state index in [-0.39, 0.29) is 30.2 Å². The fourth-order valence-corrected chi connectivity index (χ4v) is 3.80. The van der Waals surface area contributed by atoms with Crippen molar-refractivity contribution in [2.75, 3.05) is 6.54 Å². The van der Waals surface area contributed by atoms with E-state index in [9.17, 15) is 18.0 Å². The Bertz CT molecular complexity index is 998. The molecule has 1 aliphatic rings. The van der Waals surface area contributed by atoms with E-state index in [1.165, 1.54) is 19.3 Å². The number of furan rings is 1. The predicted octanol–water partition coefficient (Wildman–Crippen LogP) is 0.956. The molecule has 0 radical (unpaired) electrons. The molecule has 0 saturated heterocycles. The van der Waals surface area contributed by atoms with Crippen LogP contribution < -0.4 is 10.0 Å². The minimum atomic E-state index is -3.62. The molecule has 1 amide bonds. The summed E-state index contributed by atoms with van der Waals surface area (Å²) in [5.41, 5.74) is 0.460. The van der Waals surface area contributed by atoms with Crippen molar-refractivity contribution >= 4 is 27.7 Å². The number of amides is 1. The zero-order chi connectivity index (χ0) is 20.1. The van der Waals surface area contributed by atoms with E-state index in [1.54, 1.807) is 30.3 Å². The van der Waals surface area contributed by atoms with Crippen molar-refractivity contribution in [1.29, 1.82) is 0 Å². The molecule has 2 aromatic rings. The lowest BCUT2D eigenvalue weighted by Crippen LogP contribution is -2.35. The number of rotatable bonds is 7. The average Bonchev–Trinajstić information content (AvgIpc) is 3.26. The number of aliphatic imine (C=N–C) groups is 1. The third-order valence-electron chi connectivity index (χ3n) is 3.94. The second-order valence-corrected chi connectivity index (χ2v) is 7.66. The van der Waals surface area contributed by atoms with E-state index < -0.39 is 28.0 Å². The lowest BCUT2D eigenvalue weighted by atomic mass is 10.2. The normalized spacial score (nSPS) is 16.8. The van der Waals surface area contributed by atoms with Gasteiger partial charge in [0.15, 0.2) is 6.10 Å². The zero-order valence-corrected chi connectivity index (χ0v) is 15.9. The Labute approximate surface area is 161 Å². The van der Waals surface area contributed by atoms with Crippen molar-refractivity contribution in [2.45, 2.75) is 30.9 Å². The van der Waals surface area contributed by atoms with Gasteiger partial charge in [-0.15, -0.1) is 0 Å². The number of fused-ring (bicyclic) bond motifs is 1. The van der Waals surface area contributed by atoms with E-state index in [2.05, 4.69) is 15.0 Å². The summed E-state index contributed by atoms with van der Waals surface area (Å²) in [7, 11) is -3.62. The summed E-state index contributed by atoms with van der Waals surface area (Å²) < 4.78 is 36.5. The van der Waals surface area contributed by atoms with Crippen LogP contribution in [0.4, 0.5) is 0 Å². The summed E-state index contributed by atoms with van der Waals surface area (Å²) in [6.45, 7) is 1.68. The van der Waals surface area contributed by atoms with Crippen molar-refractivity contribution in [2.24, 2.45) is 4.99 Å². The number of amidine groups is 1. The van der Waals surface area contributed by atoms with Crippen LogP contribution in [0.1, 0.15) is 24.7 Å². The first-order valence-corrected chi connectivity index (χ1v) is 10.0. The zero-order valence-electron chi connectivity index (χ0n) is 15.0. The van der Waals surface area contributed by atoms with Gasteiger partial charge in [-0.3, -0.25) is 19.3 Å². The number of sulfonamides is 1. The van der Waals surface area contributed by atoms with Crippen molar-refractivity contribution in [3.8, 4) is 0 Å². The van der Waals surface area contributed by atoms with Crippen molar-refractivity contribution in [3.05, 3.63) is 54.0 Å². The Morgan fingerprint density at radius 3 is 2.79 bits per heavy atom. The average molecular weight is 405 g/mol. The second kappa shape index (κ2) is 8.26. The summed E-state index contributed by atoms with van der Waals surface area (Å²) in [6.07, 6.45) is 0.430. The lowest BCUT2D eigenvalue weighted by Gasteiger charge is -2.12. The van der Waals surface area contributed by atoms with E-state index in [0.717, 1.165) is 0 Å². The number of benzene rings is 1. The van der Waals surface area contributed by atoms with Crippen LogP contribution in [0.25, 0.3) is 0 Å². The molecule has 2 heterocycles. The fraction of sp³-hybridized carbons (Fsp3) is 0.278. The Morgan fingerprint density at radius 2 is 2.04 bits per heavy atom. The number of ether oxygens (including phenoxy) is 1. The Hall–Kier alpha value is -3.14. The van der Waals surface area contributed by atoms with Crippen molar-refractivity contribution in [3.63, 3.8) is 0 Å². The summed E-state index contributed by atoms with van der Waals surface area (Å²) >= 11 is 0. The maximum atomic E-state index is 12.0. The Morgan fingerprint density at radius 1 is 1.25 bits per heavy atom. The number of nitrogens with zero attached hydrogens (tertiary/aromatic N) is 1. The van der Waals surface area contributed by atoms with Gasteiger partial charge in [0, 0.05) is 5.56 Å². The molecule has 1 atom stereocenters. The number of nitrogens with one attached hydrogen (secondary N) is 2. The van der Waals surface area contributed by atoms with Gasteiger partial charge < -0.3 is 14.5 Å². The first-order chi connectivity index (χ1) is 13.4. The molecular weight excluding hydrogens is 386 g/mol. The van der Waals surface area contributed by atoms with Gasteiger partial charge in [0.1, 0.15) is 11.6 Å². The first-order valence-electron chi connectivity index (χ1n) is 8.53. The van der Waals surface area contributed by atoms with Gasteiger partial charge in [-0.1, -0.05) is 12.1 Å². The van der Waals surface area contributed by atoms with Gasteiger partial charge in [0.2, 0.25) is 0 Å². The SMILES string of the molecule is C[C@H](OC(=O)CCN=C1NS(=O)(=O)c2ccccc21)C(=O)NCc1ccco1. The Balaban J connectivity index is 1.48. The number of carbonyl (C=O) groups excluding carboxylic acids is 2. The van der Waals surface area contributed by atoms with Gasteiger partial charge in [0.05, 0.1) is 30.7 Å². The molecule has 2 N–H and O–H groups in total. The predicted molar refractivity (Wildman–Crippen MR) is 98.9 cm³/mol. The molecule has 1 aromatic carbocycles. The highest BCUT2D eigenvalue weighted by molar-refractivity contribution is 7.90. The number of hydrogen-bond donors (Lipinski definition) is 2. The lowest BCUT2D eigenvalue weighted by molar-refractivity contribution is -0.154. The molecule has 3 rings (SSSR count). The van der Waals surface area contributed by atoms with Crippen LogP contribution in [0.15, 0.2) is 57.0 Å². The molecule has 9 nitrogen and oxygen atoms in total. The highest BCUT2D eigenvalue weighted by Crippen LogP contribution is 2.22. The molecule has 1 aromatic heterocycles. The number of hydrogen-bond acceptors (Lipinski definition) is 7. The van der Waals surface area contributed by atoms with Crippen LogP contribution >= 0.6 is 0 Å². The highest BCUT2D eigenvalue weighted by Gasteiger charge is 2.30. The summed E-state index contributed by atoms with van der Waals surface area (Å²) in [5.74, 6) is -0.290.